The largest absolute Gasteiger partial charge is 0.487 e. The number of aromatic carboxylic acids is 1. The number of nitrogens with two attached hydrogens (primary N) is 1. The van der Waals surface area contributed by atoms with Gasteiger partial charge in [-0.3, -0.25) is 4.79 Å². The first kappa shape index (κ1) is 21.4. The van der Waals surface area contributed by atoms with E-state index in [-0.39, 0.29) is 48.4 Å². The van der Waals surface area contributed by atoms with Crippen LogP contribution in [0, 0.1) is 11.7 Å². The first-order valence-electron chi connectivity index (χ1n) is 9.77. The fourth-order valence-corrected chi connectivity index (χ4v) is 4.17. The molecule has 4 rings (SSSR count). The highest BCUT2D eigenvalue weighted by atomic mass is 19.1. The van der Waals surface area contributed by atoms with E-state index in [9.17, 15) is 14.7 Å². The molecule has 12 heteroatoms. The van der Waals surface area contributed by atoms with Crippen LogP contribution in [-0.4, -0.2) is 61.1 Å². The third-order valence-electron chi connectivity index (χ3n) is 5.61. The number of pyridine rings is 1. The Bertz CT molecular complexity index is 1220. The van der Waals surface area contributed by atoms with Gasteiger partial charge in [0.25, 0.3) is 0 Å². The van der Waals surface area contributed by atoms with Crippen LogP contribution in [0.4, 0.5) is 10.1 Å². The predicted molar refractivity (Wildman–Crippen MR) is 114 cm³/mol. The Kier molecular flexibility index (Phi) is 5.36. The number of aromatic nitrogens is 1. The molecule has 1 saturated heterocycles. The van der Waals surface area contributed by atoms with Gasteiger partial charge in [0.2, 0.25) is 5.43 Å². The predicted octanol–water partition coefficient (Wildman–Crippen LogP) is 1.15. The van der Waals surface area contributed by atoms with E-state index in [1.807, 2.05) is 6.92 Å². The van der Waals surface area contributed by atoms with Crippen LogP contribution in [0.25, 0.3) is 10.9 Å². The summed E-state index contributed by atoms with van der Waals surface area (Å²) in [4.78, 5) is 35.6. The molecule has 3 N–H and O–H groups in total. The fraction of sp³-hybridized carbons (Fsp3) is 0.400. The lowest BCUT2D eigenvalue weighted by Gasteiger charge is -2.31. The molecule has 3 heterocycles. The maximum absolute atomic E-state index is 15.4. The summed E-state index contributed by atoms with van der Waals surface area (Å²) in [7, 11) is 2.75. The molecule has 1 unspecified atom stereocenters. The van der Waals surface area contributed by atoms with Crippen LogP contribution in [0.5, 0.6) is 5.75 Å². The first-order valence-corrected chi connectivity index (χ1v) is 9.77. The van der Waals surface area contributed by atoms with Crippen molar-refractivity contribution in [3.63, 3.8) is 0 Å². The number of halogens is 1. The van der Waals surface area contributed by atoms with Crippen molar-refractivity contribution in [2.45, 2.75) is 13.0 Å². The van der Waals surface area contributed by atoms with Crippen LogP contribution in [0.3, 0.4) is 0 Å². The molecule has 0 spiro atoms. The van der Waals surface area contributed by atoms with E-state index in [1.54, 1.807) is 9.47 Å². The highest BCUT2D eigenvalue weighted by Gasteiger charge is 2.38. The molecule has 0 bridgehead atoms. The van der Waals surface area contributed by atoms with Gasteiger partial charge in [-0.15, -0.1) is 0 Å². The van der Waals surface area contributed by atoms with Gasteiger partial charge < -0.3 is 34.7 Å². The van der Waals surface area contributed by atoms with Crippen LogP contribution in [0.15, 0.2) is 27.4 Å². The van der Waals surface area contributed by atoms with Gasteiger partial charge in [0, 0.05) is 12.7 Å². The highest BCUT2D eigenvalue weighted by Crippen LogP contribution is 2.43. The molecule has 0 amide bonds. The number of hydrogen-bond donors (Lipinski definition) is 2. The van der Waals surface area contributed by atoms with Crippen molar-refractivity contribution >= 4 is 34.1 Å². The summed E-state index contributed by atoms with van der Waals surface area (Å²) in [5.74, 6) is -2.28. The number of carboxylic acids is 1. The zero-order valence-corrected chi connectivity index (χ0v) is 17.7. The molecule has 2 atom stereocenters. The Morgan fingerprint density at radius 1 is 1.38 bits per heavy atom. The lowest BCUT2D eigenvalue weighted by molar-refractivity contribution is 0.0694. The van der Waals surface area contributed by atoms with Gasteiger partial charge in [-0.1, -0.05) is 10.3 Å². The second-order valence-corrected chi connectivity index (χ2v) is 7.57. The summed E-state index contributed by atoms with van der Waals surface area (Å²) in [6.07, 6.45) is 1.28. The summed E-state index contributed by atoms with van der Waals surface area (Å²) in [5.41, 5.74) is 5.78. The zero-order chi connectivity index (χ0) is 23.2. The number of oxime groups is 2. The maximum atomic E-state index is 15.4. The van der Waals surface area contributed by atoms with E-state index >= 15 is 4.39 Å². The van der Waals surface area contributed by atoms with Gasteiger partial charge in [-0.25, -0.2) is 9.18 Å². The van der Waals surface area contributed by atoms with Gasteiger partial charge in [0.05, 0.1) is 35.1 Å². The van der Waals surface area contributed by atoms with E-state index < -0.39 is 28.7 Å². The minimum absolute atomic E-state index is 0.0605. The van der Waals surface area contributed by atoms with Crippen LogP contribution in [-0.2, 0) is 9.68 Å². The van der Waals surface area contributed by atoms with Gasteiger partial charge in [0.1, 0.15) is 37.9 Å². The van der Waals surface area contributed by atoms with Crippen molar-refractivity contribution in [1.82, 2.24) is 4.57 Å². The van der Waals surface area contributed by atoms with Crippen molar-refractivity contribution in [3.05, 3.63) is 33.9 Å². The van der Waals surface area contributed by atoms with E-state index in [1.165, 1.54) is 20.4 Å². The number of ether oxygens (including phenoxy) is 1. The third-order valence-corrected chi connectivity index (χ3v) is 5.61. The van der Waals surface area contributed by atoms with Crippen molar-refractivity contribution < 1.29 is 28.7 Å². The second kappa shape index (κ2) is 8.02. The second-order valence-electron chi connectivity index (χ2n) is 7.57. The van der Waals surface area contributed by atoms with E-state index in [2.05, 4.69) is 10.3 Å². The molecular weight excluding hydrogens is 425 g/mol. The van der Waals surface area contributed by atoms with Crippen LogP contribution < -0.4 is 20.8 Å². The number of anilines is 1. The van der Waals surface area contributed by atoms with Crippen LogP contribution in [0.1, 0.15) is 23.3 Å². The molecule has 1 fully saturated rings. The smallest absolute Gasteiger partial charge is 0.341 e. The molecule has 170 valence electrons. The third kappa shape index (κ3) is 3.27. The molecular formula is C20H22FN5O6. The first-order chi connectivity index (χ1) is 15.3. The number of nitrogens with zero attached hydrogens (tertiary/aromatic N) is 4. The normalized spacial score (nSPS) is 21.7. The quantitative estimate of drug-likeness (QED) is 0.395. The molecule has 0 aliphatic carbocycles. The Balaban J connectivity index is 1.92. The number of rotatable bonds is 5. The number of hydrogen-bond acceptors (Lipinski definition) is 8. The molecule has 2 aliphatic heterocycles. The summed E-state index contributed by atoms with van der Waals surface area (Å²) >= 11 is 0. The van der Waals surface area contributed by atoms with Gasteiger partial charge in [-0.2, -0.15) is 0 Å². The Morgan fingerprint density at radius 2 is 2.12 bits per heavy atom. The van der Waals surface area contributed by atoms with Crippen molar-refractivity contribution in [2.24, 2.45) is 22.0 Å². The molecule has 2 aliphatic rings. The van der Waals surface area contributed by atoms with Crippen molar-refractivity contribution in [2.75, 3.05) is 38.8 Å². The summed E-state index contributed by atoms with van der Waals surface area (Å²) in [6.45, 7) is 2.37. The van der Waals surface area contributed by atoms with E-state index in [0.717, 1.165) is 6.07 Å². The number of amidine groups is 1. The number of carboxylic acid groups (broad SMARTS) is 1. The molecule has 0 radical (unpaired) electrons. The monoisotopic (exact) mass is 447 g/mol. The fourth-order valence-electron chi connectivity index (χ4n) is 4.17. The number of carbonyl (C=O) groups is 1. The maximum Gasteiger partial charge on any atom is 0.341 e. The summed E-state index contributed by atoms with van der Waals surface area (Å²) in [6, 6.07) is 0.789. The SMILES string of the molecule is CO/N=C1\CN(c2c(F)cc3c(=O)c(C(=O)O)cn4c3c2OC[C@@H]4C)CC1/C(N)=N\OC. The molecule has 1 aromatic heterocycles. The summed E-state index contributed by atoms with van der Waals surface area (Å²) in [5, 5.41) is 17.1. The summed E-state index contributed by atoms with van der Waals surface area (Å²) < 4.78 is 22.9. The van der Waals surface area contributed by atoms with Crippen LogP contribution in [0.2, 0.25) is 0 Å². The minimum Gasteiger partial charge on any atom is -0.487 e. The van der Waals surface area contributed by atoms with Gasteiger partial charge >= 0.3 is 5.97 Å². The van der Waals surface area contributed by atoms with Gasteiger partial charge in [-0.05, 0) is 13.0 Å². The molecule has 0 saturated carbocycles. The zero-order valence-electron chi connectivity index (χ0n) is 17.7. The van der Waals surface area contributed by atoms with E-state index in [4.69, 9.17) is 20.1 Å². The molecule has 1 aromatic carbocycles. The lowest BCUT2D eigenvalue weighted by atomic mass is 10.1. The van der Waals surface area contributed by atoms with Crippen molar-refractivity contribution in [1.29, 1.82) is 0 Å². The molecule has 32 heavy (non-hydrogen) atoms. The van der Waals surface area contributed by atoms with Crippen molar-refractivity contribution in [3.8, 4) is 5.75 Å². The Labute approximate surface area is 181 Å². The van der Waals surface area contributed by atoms with Crippen LogP contribution >= 0.6 is 0 Å². The average molecular weight is 447 g/mol. The minimum atomic E-state index is -1.37. The molecule has 2 aromatic rings. The molecule has 11 nitrogen and oxygen atoms in total. The van der Waals surface area contributed by atoms with Gasteiger partial charge in [0.15, 0.2) is 11.6 Å². The lowest BCUT2D eigenvalue weighted by Crippen LogP contribution is -2.31. The Hall–Kier alpha value is -3.83. The number of benzene rings is 1. The topological polar surface area (TPSA) is 141 Å². The van der Waals surface area contributed by atoms with E-state index in [0.29, 0.717) is 11.2 Å². The average Bonchev–Trinajstić information content (AvgIpc) is 3.15. The standard InChI is InChI=1S/C20H22FN5O6/c1-9-8-32-18-15-10(17(27)12(20(28)29)6-26(9)15)4-13(21)16(18)25-5-11(19(22)24-31-3)14(7-25)23-30-2/h4,6,9,11H,5,7-8H2,1-3H3,(H2,22,24)(H,28,29)/b23-14+/t9-,11?/m0/s1. The Morgan fingerprint density at radius 3 is 2.78 bits per heavy atom. The highest BCUT2D eigenvalue weighted by molar-refractivity contribution is 6.10.